The summed E-state index contributed by atoms with van der Waals surface area (Å²) in [6.45, 7) is 2.27. The molecule has 1 aliphatic heterocycles. The molecule has 0 amide bonds. The van der Waals surface area contributed by atoms with Crippen LogP contribution in [0, 0.1) is 17.6 Å². The first-order valence-electron chi connectivity index (χ1n) is 5.90. The van der Waals surface area contributed by atoms with Crippen LogP contribution in [0.25, 0.3) is 0 Å². The Morgan fingerprint density at radius 3 is 2.63 bits per heavy atom. The minimum Gasteiger partial charge on any atom is -0.207 e. The minimum atomic E-state index is -3.83. The second kappa shape index (κ2) is 5.34. The van der Waals surface area contributed by atoms with Crippen LogP contribution in [0.4, 0.5) is 8.78 Å². The molecule has 1 aliphatic rings. The van der Waals surface area contributed by atoms with Crippen LogP contribution >= 0.6 is 11.6 Å². The molecule has 2 atom stereocenters. The lowest BCUT2D eigenvalue weighted by Crippen LogP contribution is -2.38. The Morgan fingerprint density at radius 2 is 2.05 bits per heavy atom. The van der Waals surface area contributed by atoms with Gasteiger partial charge in [0.05, 0.1) is 4.90 Å². The Hall–Kier alpha value is -0.720. The van der Waals surface area contributed by atoms with Crippen molar-refractivity contribution in [3.63, 3.8) is 0 Å². The first-order chi connectivity index (χ1) is 8.87. The van der Waals surface area contributed by atoms with Gasteiger partial charge in [-0.1, -0.05) is 6.92 Å². The van der Waals surface area contributed by atoms with E-state index in [1.54, 1.807) is 0 Å². The number of rotatable bonds is 3. The van der Waals surface area contributed by atoms with Crippen LogP contribution in [0.15, 0.2) is 23.1 Å². The molecule has 0 spiro atoms. The average Bonchev–Trinajstić information content (AvgIpc) is 2.74. The van der Waals surface area contributed by atoms with E-state index in [1.165, 1.54) is 4.31 Å². The van der Waals surface area contributed by atoms with E-state index in [0.29, 0.717) is 19.0 Å². The van der Waals surface area contributed by atoms with E-state index in [1.807, 2.05) is 6.92 Å². The van der Waals surface area contributed by atoms with E-state index in [2.05, 4.69) is 0 Å². The van der Waals surface area contributed by atoms with Crippen LogP contribution in [0.3, 0.4) is 0 Å². The third-order valence-corrected chi connectivity index (χ3v) is 5.72. The van der Waals surface area contributed by atoms with Crippen molar-refractivity contribution in [2.24, 2.45) is 5.92 Å². The number of hydrogen-bond donors (Lipinski definition) is 0. The second-order valence-corrected chi connectivity index (χ2v) is 6.88. The van der Waals surface area contributed by atoms with Crippen LogP contribution in [-0.4, -0.2) is 31.2 Å². The molecule has 0 saturated carbocycles. The van der Waals surface area contributed by atoms with Crippen molar-refractivity contribution >= 4 is 21.6 Å². The zero-order chi connectivity index (χ0) is 14.2. The Labute approximate surface area is 116 Å². The lowest BCUT2D eigenvalue weighted by atomic mass is 10.1. The molecular formula is C12H14ClF2NO2S. The molecule has 7 heteroatoms. The quantitative estimate of drug-likeness (QED) is 0.805. The fourth-order valence-corrected chi connectivity index (χ4v) is 4.57. The molecule has 1 heterocycles. The lowest BCUT2D eigenvalue weighted by molar-refractivity contribution is 0.374. The summed E-state index contributed by atoms with van der Waals surface area (Å²) >= 11 is 5.81. The van der Waals surface area contributed by atoms with Gasteiger partial charge in [0, 0.05) is 18.5 Å². The highest BCUT2D eigenvalue weighted by Crippen LogP contribution is 2.31. The molecule has 2 unspecified atom stereocenters. The van der Waals surface area contributed by atoms with Crippen molar-refractivity contribution < 1.29 is 17.2 Å². The summed E-state index contributed by atoms with van der Waals surface area (Å²) in [4.78, 5) is -0.240. The summed E-state index contributed by atoms with van der Waals surface area (Å²) in [5, 5.41) is 0. The third kappa shape index (κ3) is 2.61. The first kappa shape index (κ1) is 14.7. The summed E-state index contributed by atoms with van der Waals surface area (Å²) in [5.74, 6) is -1.90. The van der Waals surface area contributed by atoms with Gasteiger partial charge in [-0.25, -0.2) is 17.2 Å². The Morgan fingerprint density at radius 1 is 1.37 bits per heavy atom. The van der Waals surface area contributed by atoms with Gasteiger partial charge in [-0.05, 0) is 30.5 Å². The first-order valence-corrected chi connectivity index (χ1v) is 7.88. The SMILES string of the molecule is CC1CCN(S(=O)(=O)c2ccc(F)c(F)c2)C1CCl. The van der Waals surface area contributed by atoms with Crippen LogP contribution in [0.2, 0.25) is 0 Å². The van der Waals surface area contributed by atoms with Gasteiger partial charge in [0.25, 0.3) is 0 Å². The minimum absolute atomic E-state index is 0.151. The van der Waals surface area contributed by atoms with Gasteiger partial charge >= 0.3 is 0 Å². The molecule has 0 bridgehead atoms. The number of alkyl halides is 1. The van der Waals surface area contributed by atoms with Crippen molar-refractivity contribution in [3.8, 4) is 0 Å². The van der Waals surface area contributed by atoms with Gasteiger partial charge in [-0.15, -0.1) is 11.6 Å². The smallest absolute Gasteiger partial charge is 0.207 e. The maximum atomic E-state index is 13.2. The van der Waals surface area contributed by atoms with Gasteiger partial charge in [0.2, 0.25) is 10.0 Å². The molecule has 3 nitrogen and oxygen atoms in total. The van der Waals surface area contributed by atoms with E-state index in [4.69, 9.17) is 11.6 Å². The molecule has 106 valence electrons. The highest BCUT2D eigenvalue weighted by Gasteiger charge is 2.39. The van der Waals surface area contributed by atoms with Gasteiger partial charge in [-0.3, -0.25) is 0 Å². The number of halogens is 3. The molecule has 0 radical (unpaired) electrons. The van der Waals surface area contributed by atoms with Crippen molar-refractivity contribution in [3.05, 3.63) is 29.8 Å². The van der Waals surface area contributed by atoms with Gasteiger partial charge in [0.1, 0.15) is 0 Å². The maximum absolute atomic E-state index is 13.2. The van der Waals surface area contributed by atoms with E-state index >= 15 is 0 Å². The predicted molar refractivity (Wildman–Crippen MR) is 68.5 cm³/mol. The topological polar surface area (TPSA) is 37.4 Å². The zero-order valence-electron chi connectivity index (χ0n) is 10.3. The molecule has 1 fully saturated rings. The third-order valence-electron chi connectivity index (χ3n) is 3.49. The zero-order valence-corrected chi connectivity index (χ0v) is 11.9. The molecule has 1 saturated heterocycles. The summed E-state index contributed by atoms with van der Waals surface area (Å²) in [5.41, 5.74) is 0. The Bertz CT molecular complexity index is 579. The lowest BCUT2D eigenvalue weighted by Gasteiger charge is -2.24. The molecule has 0 aliphatic carbocycles. The normalized spacial score (nSPS) is 24.8. The van der Waals surface area contributed by atoms with Crippen molar-refractivity contribution in [2.45, 2.75) is 24.3 Å². The van der Waals surface area contributed by atoms with E-state index < -0.39 is 21.7 Å². The van der Waals surface area contributed by atoms with Crippen LogP contribution in [0.5, 0.6) is 0 Å². The van der Waals surface area contributed by atoms with E-state index in [-0.39, 0.29) is 22.7 Å². The van der Waals surface area contributed by atoms with Crippen LogP contribution < -0.4 is 0 Å². The molecule has 1 aromatic rings. The number of nitrogens with zero attached hydrogens (tertiary/aromatic N) is 1. The van der Waals surface area contributed by atoms with Crippen LogP contribution in [-0.2, 0) is 10.0 Å². The van der Waals surface area contributed by atoms with Gasteiger partial charge in [-0.2, -0.15) is 4.31 Å². The molecule has 19 heavy (non-hydrogen) atoms. The summed E-state index contributed by atoms with van der Waals surface area (Å²) in [6.07, 6.45) is 0.709. The van der Waals surface area contributed by atoms with Crippen molar-refractivity contribution in [1.82, 2.24) is 4.31 Å². The van der Waals surface area contributed by atoms with Gasteiger partial charge < -0.3 is 0 Å². The number of hydrogen-bond acceptors (Lipinski definition) is 2. The molecule has 2 rings (SSSR count). The molecule has 1 aromatic carbocycles. The maximum Gasteiger partial charge on any atom is 0.243 e. The monoisotopic (exact) mass is 309 g/mol. The summed E-state index contributed by atoms with van der Waals surface area (Å²) in [6, 6.07) is 2.29. The highest BCUT2D eigenvalue weighted by atomic mass is 35.5. The fourth-order valence-electron chi connectivity index (χ4n) is 2.27. The van der Waals surface area contributed by atoms with E-state index in [0.717, 1.165) is 12.1 Å². The highest BCUT2D eigenvalue weighted by molar-refractivity contribution is 7.89. The number of sulfonamides is 1. The van der Waals surface area contributed by atoms with Crippen LogP contribution in [0.1, 0.15) is 13.3 Å². The Balaban J connectivity index is 2.39. The second-order valence-electron chi connectivity index (χ2n) is 4.68. The largest absolute Gasteiger partial charge is 0.243 e. The van der Waals surface area contributed by atoms with E-state index in [9.17, 15) is 17.2 Å². The fraction of sp³-hybridized carbons (Fsp3) is 0.500. The van der Waals surface area contributed by atoms with Gasteiger partial charge in [0.15, 0.2) is 11.6 Å². The Kier molecular flexibility index (Phi) is 4.13. The molecular weight excluding hydrogens is 296 g/mol. The molecule has 0 N–H and O–H groups in total. The number of benzene rings is 1. The predicted octanol–water partition coefficient (Wildman–Crippen LogP) is 2.60. The standard InChI is InChI=1S/C12H14ClF2NO2S/c1-8-4-5-16(12(8)7-13)19(17,18)9-2-3-10(14)11(15)6-9/h2-3,6,8,12H,4-5,7H2,1H3. The molecule has 0 aromatic heterocycles. The van der Waals surface area contributed by atoms with Crippen molar-refractivity contribution in [2.75, 3.05) is 12.4 Å². The summed E-state index contributed by atoms with van der Waals surface area (Å²) in [7, 11) is -3.83. The average molecular weight is 310 g/mol. The van der Waals surface area contributed by atoms with Crippen molar-refractivity contribution in [1.29, 1.82) is 0 Å². The summed E-state index contributed by atoms with van der Waals surface area (Å²) < 4.78 is 52.1.